The van der Waals surface area contributed by atoms with Gasteiger partial charge in [-0.3, -0.25) is 9.78 Å². The maximum atomic E-state index is 12.5. The molecule has 1 atom stereocenters. The first kappa shape index (κ1) is 13.8. The van der Waals surface area contributed by atoms with Gasteiger partial charge in [-0.25, -0.2) is 0 Å². The van der Waals surface area contributed by atoms with Gasteiger partial charge in [0.2, 0.25) is 0 Å². The van der Waals surface area contributed by atoms with Crippen LogP contribution < -0.4 is 5.32 Å². The molecule has 0 spiro atoms. The Morgan fingerprint density at radius 1 is 1.53 bits per heavy atom. The van der Waals surface area contributed by atoms with Gasteiger partial charge in [0.1, 0.15) is 5.69 Å². The summed E-state index contributed by atoms with van der Waals surface area (Å²) in [5.41, 5.74) is 1.44. The van der Waals surface area contributed by atoms with E-state index in [1.807, 2.05) is 24.1 Å². The van der Waals surface area contributed by atoms with E-state index in [2.05, 4.69) is 29.3 Å². The molecule has 19 heavy (non-hydrogen) atoms. The minimum atomic E-state index is 0.0312. The lowest BCUT2D eigenvalue weighted by molar-refractivity contribution is 0.0629. The standard InChI is InChI=1S/C14H22N4O/c1-15-11-6-7-16-13(9-11)14(19)18-8-4-5-12(10-18)17(2)3/h6-7,9,12H,4-5,8,10H2,1-3H3,(H,15,16). The number of aromatic nitrogens is 1. The van der Waals surface area contributed by atoms with E-state index in [1.165, 1.54) is 0 Å². The molecule has 104 valence electrons. The van der Waals surface area contributed by atoms with Crippen molar-refractivity contribution in [3.63, 3.8) is 0 Å². The topological polar surface area (TPSA) is 48.5 Å². The summed E-state index contributed by atoms with van der Waals surface area (Å²) >= 11 is 0. The van der Waals surface area contributed by atoms with Crippen molar-refractivity contribution in [2.45, 2.75) is 18.9 Å². The first-order valence-electron chi connectivity index (χ1n) is 6.71. The Balaban J connectivity index is 2.10. The van der Waals surface area contributed by atoms with Gasteiger partial charge in [0.25, 0.3) is 5.91 Å². The Kier molecular flexibility index (Phi) is 4.37. The van der Waals surface area contributed by atoms with Crippen molar-refractivity contribution < 1.29 is 4.79 Å². The lowest BCUT2D eigenvalue weighted by atomic mass is 10.0. The highest BCUT2D eigenvalue weighted by molar-refractivity contribution is 5.93. The minimum absolute atomic E-state index is 0.0312. The number of nitrogens with zero attached hydrogens (tertiary/aromatic N) is 3. The van der Waals surface area contributed by atoms with E-state index in [-0.39, 0.29) is 5.91 Å². The smallest absolute Gasteiger partial charge is 0.272 e. The predicted octanol–water partition coefficient (Wildman–Crippen LogP) is 1.29. The number of hydrogen-bond acceptors (Lipinski definition) is 4. The molecule has 0 radical (unpaired) electrons. The molecule has 0 bridgehead atoms. The van der Waals surface area contributed by atoms with Crippen LogP contribution in [0, 0.1) is 0 Å². The summed E-state index contributed by atoms with van der Waals surface area (Å²) in [6.45, 7) is 1.62. The number of likely N-dealkylation sites (N-methyl/N-ethyl adjacent to an activating group) is 1. The average molecular weight is 262 g/mol. The quantitative estimate of drug-likeness (QED) is 0.891. The fraction of sp³-hybridized carbons (Fsp3) is 0.571. The molecule has 1 saturated heterocycles. The summed E-state index contributed by atoms with van der Waals surface area (Å²) in [6.07, 6.45) is 3.88. The second-order valence-corrected chi connectivity index (χ2v) is 5.19. The zero-order chi connectivity index (χ0) is 13.8. The first-order valence-corrected chi connectivity index (χ1v) is 6.71. The summed E-state index contributed by atoms with van der Waals surface area (Å²) in [5, 5.41) is 3.03. The maximum absolute atomic E-state index is 12.5. The van der Waals surface area contributed by atoms with Crippen LogP contribution >= 0.6 is 0 Å². The maximum Gasteiger partial charge on any atom is 0.272 e. The summed E-state index contributed by atoms with van der Waals surface area (Å²) in [6, 6.07) is 4.11. The molecular weight excluding hydrogens is 240 g/mol. The third-order valence-electron chi connectivity index (χ3n) is 3.68. The van der Waals surface area contributed by atoms with Crippen LogP contribution in [0.4, 0.5) is 5.69 Å². The van der Waals surface area contributed by atoms with Crippen molar-refractivity contribution in [1.29, 1.82) is 0 Å². The van der Waals surface area contributed by atoms with Gasteiger partial charge in [0.15, 0.2) is 0 Å². The molecule has 0 saturated carbocycles. The highest BCUT2D eigenvalue weighted by Crippen LogP contribution is 2.17. The SMILES string of the molecule is CNc1ccnc(C(=O)N2CCCC(N(C)C)C2)c1. The summed E-state index contributed by atoms with van der Waals surface area (Å²) < 4.78 is 0. The van der Waals surface area contributed by atoms with Crippen LogP contribution in [0.1, 0.15) is 23.3 Å². The number of carbonyl (C=O) groups is 1. The Bertz CT molecular complexity index is 447. The summed E-state index contributed by atoms with van der Waals surface area (Å²) in [4.78, 5) is 20.7. The zero-order valence-corrected chi connectivity index (χ0v) is 11.9. The molecule has 2 heterocycles. The number of anilines is 1. The zero-order valence-electron chi connectivity index (χ0n) is 11.9. The van der Waals surface area contributed by atoms with Crippen LogP contribution in [-0.4, -0.2) is 61.0 Å². The third-order valence-corrected chi connectivity index (χ3v) is 3.68. The van der Waals surface area contributed by atoms with E-state index in [9.17, 15) is 4.79 Å². The lowest BCUT2D eigenvalue weighted by Gasteiger charge is -2.36. The van der Waals surface area contributed by atoms with Crippen LogP contribution in [0.2, 0.25) is 0 Å². The van der Waals surface area contributed by atoms with E-state index >= 15 is 0 Å². The third kappa shape index (κ3) is 3.23. The lowest BCUT2D eigenvalue weighted by Crippen LogP contribution is -2.47. The van der Waals surface area contributed by atoms with Crippen LogP contribution in [0.3, 0.4) is 0 Å². The van der Waals surface area contributed by atoms with Crippen LogP contribution in [0.25, 0.3) is 0 Å². The molecule has 0 aromatic carbocycles. The van der Waals surface area contributed by atoms with Crippen LogP contribution in [-0.2, 0) is 0 Å². The monoisotopic (exact) mass is 262 g/mol. The Labute approximate surface area is 114 Å². The normalized spacial score (nSPS) is 19.6. The van der Waals surface area contributed by atoms with Gasteiger partial charge < -0.3 is 15.1 Å². The Morgan fingerprint density at radius 2 is 2.32 bits per heavy atom. The average Bonchev–Trinajstić information content (AvgIpc) is 2.46. The number of pyridine rings is 1. The summed E-state index contributed by atoms with van der Waals surface area (Å²) in [5.74, 6) is 0.0312. The second-order valence-electron chi connectivity index (χ2n) is 5.19. The van der Waals surface area contributed by atoms with Crippen molar-refractivity contribution in [2.24, 2.45) is 0 Å². The van der Waals surface area contributed by atoms with Gasteiger partial charge in [0, 0.05) is 38.1 Å². The minimum Gasteiger partial charge on any atom is -0.388 e. The molecule has 1 fully saturated rings. The molecular formula is C14H22N4O. The van der Waals surface area contributed by atoms with Crippen molar-refractivity contribution in [3.8, 4) is 0 Å². The van der Waals surface area contributed by atoms with Crippen molar-refractivity contribution in [1.82, 2.24) is 14.8 Å². The number of hydrogen-bond donors (Lipinski definition) is 1. The highest BCUT2D eigenvalue weighted by Gasteiger charge is 2.26. The molecule has 2 rings (SSSR count). The molecule has 1 aliphatic heterocycles. The molecule has 1 unspecified atom stereocenters. The van der Waals surface area contributed by atoms with E-state index in [1.54, 1.807) is 6.20 Å². The number of likely N-dealkylation sites (tertiary alicyclic amines) is 1. The van der Waals surface area contributed by atoms with Gasteiger partial charge in [-0.2, -0.15) is 0 Å². The van der Waals surface area contributed by atoms with Crippen LogP contribution in [0.15, 0.2) is 18.3 Å². The molecule has 1 aliphatic rings. The highest BCUT2D eigenvalue weighted by atomic mass is 16.2. The fourth-order valence-electron chi connectivity index (χ4n) is 2.43. The number of rotatable bonds is 3. The van der Waals surface area contributed by atoms with E-state index < -0.39 is 0 Å². The largest absolute Gasteiger partial charge is 0.388 e. The van der Waals surface area contributed by atoms with E-state index in [0.29, 0.717) is 11.7 Å². The van der Waals surface area contributed by atoms with Crippen LogP contribution in [0.5, 0.6) is 0 Å². The van der Waals surface area contributed by atoms with E-state index in [0.717, 1.165) is 31.6 Å². The van der Waals surface area contributed by atoms with Crippen molar-refractivity contribution >= 4 is 11.6 Å². The van der Waals surface area contributed by atoms with Gasteiger partial charge >= 0.3 is 0 Å². The molecule has 1 N–H and O–H groups in total. The van der Waals surface area contributed by atoms with E-state index in [4.69, 9.17) is 0 Å². The molecule has 5 heteroatoms. The van der Waals surface area contributed by atoms with Gasteiger partial charge in [-0.15, -0.1) is 0 Å². The Morgan fingerprint density at radius 3 is 3.00 bits per heavy atom. The van der Waals surface area contributed by atoms with Gasteiger partial charge in [-0.05, 0) is 39.1 Å². The molecule has 0 aliphatic carbocycles. The molecule has 1 aromatic rings. The van der Waals surface area contributed by atoms with Crippen molar-refractivity contribution in [2.75, 3.05) is 39.5 Å². The number of piperidine rings is 1. The predicted molar refractivity (Wildman–Crippen MR) is 76.4 cm³/mol. The molecule has 5 nitrogen and oxygen atoms in total. The van der Waals surface area contributed by atoms with Crippen molar-refractivity contribution in [3.05, 3.63) is 24.0 Å². The van der Waals surface area contributed by atoms with Gasteiger partial charge in [-0.1, -0.05) is 0 Å². The summed E-state index contributed by atoms with van der Waals surface area (Å²) in [7, 11) is 5.98. The number of nitrogens with one attached hydrogen (secondary N) is 1. The fourth-order valence-corrected chi connectivity index (χ4v) is 2.43. The number of carbonyl (C=O) groups excluding carboxylic acids is 1. The van der Waals surface area contributed by atoms with Gasteiger partial charge in [0.05, 0.1) is 0 Å². The number of amides is 1. The Hall–Kier alpha value is -1.62. The molecule has 1 aromatic heterocycles. The molecule has 1 amide bonds. The second kappa shape index (κ2) is 6.02. The first-order chi connectivity index (χ1) is 9.11.